The molecule has 32 heavy (non-hydrogen) atoms. The number of fused-ring (bicyclic) bond motifs is 6. The molecule has 7 atom stereocenters. The second-order valence-corrected chi connectivity index (χ2v) is 14.4. The van der Waals surface area contributed by atoms with Gasteiger partial charge in [0, 0.05) is 0 Å². The van der Waals surface area contributed by atoms with E-state index in [4.69, 9.17) is 0 Å². The third-order valence-electron chi connectivity index (χ3n) is 12.5. The van der Waals surface area contributed by atoms with Gasteiger partial charge >= 0.3 is 0 Å². The molecule has 4 saturated carbocycles. The molecular formula is C32H54. The minimum absolute atomic E-state index is 0.597. The quantitative estimate of drug-likeness (QED) is 0.374. The SMILES string of the molecule is CC(C)CCC[C@@H](C)[C@H]1CC[C@H]2C3=CCC4C5(CCCCC5)CCC[C@]4(C)[C@H]3CC[C@]12C. The summed E-state index contributed by atoms with van der Waals surface area (Å²) in [5, 5.41) is 0. The number of hydrogen-bond donors (Lipinski definition) is 0. The van der Waals surface area contributed by atoms with E-state index in [-0.39, 0.29) is 0 Å². The van der Waals surface area contributed by atoms with Gasteiger partial charge in [-0.2, -0.15) is 0 Å². The zero-order valence-electron chi connectivity index (χ0n) is 22.4. The van der Waals surface area contributed by atoms with Crippen molar-refractivity contribution in [3.8, 4) is 0 Å². The van der Waals surface area contributed by atoms with Crippen molar-refractivity contribution in [1.82, 2.24) is 0 Å². The normalized spacial score (nSPS) is 44.0. The van der Waals surface area contributed by atoms with Crippen molar-refractivity contribution < 1.29 is 0 Å². The molecule has 5 aliphatic rings. The fraction of sp³-hybridized carbons (Fsp3) is 0.938. The molecule has 0 radical (unpaired) electrons. The van der Waals surface area contributed by atoms with Crippen LogP contribution in [0.5, 0.6) is 0 Å². The summed E-state index contributed by atoms with van der Waals surface area (Å²) >= 11 is 0. The highest BCUT2D eigenvalue weighted by molar-refractivity contribution is 5.28. The molecule has 0 saturated heterocycles. The highest BCUT2D eigenvalue weighted by Gasteiger charge is 2.61. The standard InChI is InChI=1S/C32H54/c1-23(2)11-9-12-24(3)26-14-15-27-25-13-16-29-31(5,28(25)17-22-30(26,27)4)18-10-21-32(29)19-7-6-8-20-32/h13,23-24,26-29H,6-12,14-22H2,1-5H3/t24-,26-,27+,28+,29?,30-,31-/m1/s1. The topological polar surface area (TPSA) is 0 Å². The van der Waals surface area contributed by atoms with Crippen molar-refractivity contribution >= 4 is 0 Å². The van der Waals surface area contributed by atoms with E-state index in [0.29, 0.717) is 10.8 Å². The lowest BCUT2D eigenvalue weighted by molar-refractivity contribution is -0.0923. The fourth-order valence-corrected chi connectivity index (χ4v) is 10.9. The molecule has 0 heterocycles. The average Bonchev–Trinajstić information content (AvgIpc) is 3.11. The summed E-state index contributed by atoms with van der Waals surface area (Å²) in [5.41, 5.74) is 3.92. The van der Waals surface area contributed by atoms with E-state index in [1.807, 2.05) is 5.57 Å². The van der Waals surface area contributed by atoms with Crippen LogP contribution in [-0.4, -0.2) is 0 Å². The lowest BCUT2D eigenvalue weighted by Crippen LogP contribution is -2.54. The van der Waals surface area contributed by atoms with Crippen molar-refractivity contribution in [2.75, 3.05) is 0 Å². The third-order valence-corrected chi connectivity index (χ3v) is 12.5. The molecular weight excluding hydrogens is 384 g/mol. The molecule has 182 valence electrons. The summed E-state index contributed by atoms with van der Waals surface area (Å²) in [5.74, 6) is 5.60. The van der Waals surface area contributed by atoms with Crippen molar-refractivity contribution in [3.63, 3.8) is 0 Å². The molecule has 0 aromatic heterocycles. The highest BCUT2D eigenvalue weighted by atomic mass is 14.7. The first-order valence-electron chi connectivity index (χ1n) is 15.0. The van der Waals surface area contributed by atoms with Gasteiger partial charge in [-0.15, -0.1) is 0 Å². The van der Waals surface area contributed by atoms with Gasteiger partial charge < -0.3 is 0 Å². The molecule has 5 aliphatic carbocycles. The maximum Gasteiger partial charge on any atom is -0.0143 e. The summed E-state index contributed by atoms with van der Waals surface area (Å²) in [4.78, 5) is 0. The fourth-order valence-electron chi connectivity index (χ4n) is 10.9. The van der Waals surface area contributed by atoms with Gasteiger partial charge in [0.05, 0.1) is 0 Å². The molecule has 0 nitrogen and oxygen atoms in total. The van der Waals surface area contributed by atoms with Gasteiger partial charge in [0.2, 0.25) is 0 Å². The van der Waals surface area contributed by atoms with E-state index in [1.54, 1.807) is 19.3 Å². The van der Waals surface area contributed by atoms with Crippen LogP contribution in [0, 0.1) is 51.8 Å². The first kappa shape index (κ1) is 23.5. The maximum absolute atomic E-state index is 2.88. The molecule has 1 unspecified atom stereocenters. The van der Waals surface area contributed by atoms with Gasteiger partial charge in [0.25, 0.3) is 0 Å². The molecule has 4 fully saturated rings. The van der Waals surface area contributed by atoms with Crippen LogP contribution in [-0.2, 0) is 0 Å². The molecule has 0 heteroatoms. The monoisotopic (exact) mass is 438 g/mol. The summed E-state index contributed by atoms with van der Waals surface area (Å²) in [6.45, 7) is 12.9. The van der Waals surface area contributed by atoms with E-state index < -0.39 is 0 Å². The Morgan fingerprint density at radius 2 is 1.50 bits per heavy atom. The van der Waals surface area contributed by atoms with Gasteiger partial charge in [-0.3, -0.25) is 0 Å². The molecule has 1 spiro atoms. The van der Waals surface area contributed by atoms with Gasteiger partial charge in [-0.05, 0) is 110 Å². The van der Waals surface area contributed by atoms with Crippen LogP contribution in [0.3, 0.4) is 0 Å². The lowest BCUT2D eigenvalue weighted by Gasteiger charge is -2.63. The van der Waals surface area contributed by atoms with Crippen molar-refractivity contribution in [2.24, 2.45) is 51.8 Å². The summed E-state index contributed by atoms with van der Waals surface area (Å²) < 4.78 is 0. The van der Waals surface area contributed by atoms with Gasteiger partial charge in [-0.1, -0.05) is 91.2 Å². The lowest BCUT2D eigenvalue weighted by atomic mass is 9.42. The van der Waals surface area contributed by atoms with E-state index in [2.05, 4.69) is 40.7 Å². The Bertz CT molecular complexity index is 687. The van der Waals surface area contributed by atoms with Crippen LogP contribution in [0.1, 0.15) is 137 Å². The van der Waals surface area contributed by atoms with E-state index in [1.165, 1.54) is 83.5 Å². The Morgan fingerprint density at radius 1 is 0.781 bits per heavy atom. The second-order valence-electron chi connectivity index (χ2n) is 14.4. The average molecular weight is 439 g/mol. The van der Waals surface area contributed by atoms with E-state index in [0.717, 1.165) is 40.9 Å². The Kier molecular flexibility index (Phi) is 6.42. The van der Waals surface area contributed by atoms with Gasteiger partial charge in [-0.25, -0.2) is 0 Å². The predicted octanol–water partition coefficient (Wildman–Crippen LogP) is 9.98. The van der Waals surface area contributed by atoms with Crippen LogP contribution in [0.25, 0.3) is 0 Å². The molecule has 0 amide bonds. The second kappa shape index (κ2) is 8.75. The number of rotatable bonds is 5. The largest absolute Gasteiger partial charge is 0.0844 e. The van der Waals surface area contributed by atoms with Crippen LogP contribution in [0.15, 0.2) is 11.6 Å². The minimum atomic E-state index is 0.597. The van der Waals surface area contributed by atoms with Gasteiger partial charge in [0.1, 0.15) is 0 Å². The smallest absolute Gasteiger partial charge is 0.0143 e. The Labute approximate surface area is 200 Å². The van der Waals surface area contributed by atoms with E-state index >= 15 is 0 Å². The number of hydrogen-bond acceptors (Lipinski definition) is 0. The molecule has 0 aromatic carbocycles. The third kappa shape index (κ3) is 3.68. The van der Waals surface area contributed by atoms with Crippen LogP contribution in [0.4, 0.5) is 0 Å². The maximum atomic E-state index is 2.88. The molecule has 5 rings (SSSR count). The van der Waals surface area contributed by atoms with Gasteiger partial charge in [0.15, 0.2) is 0 Å². The molecule has 0 bridgehead atoms. The van der Waals surface area contributed by atoms with Crippen LogP contribution in [0.2, 0.25) is 0 Å². The Balaban J connectivity index is 1.36. The summed E-state index contributed by atoms with van der Waals surface area (Å²) in [6.07, 6.45) is 27.0. The Hall–Kier alpha value is -0.260. The number of allylic oxidation sites excluding steroid dienone is 2. The molecule has 0 aliphatic heterocycles. The van der Waals surface area contributed by atoms with Crippen LogP contribution >= 0.6 is 0 Å². The predicted molar refractivity (Wildman–Crippen MR) is 139 cm³/mol. The van der Waals surface area contributed by atoms with Crippen molar-refractivity contribution in [2.45, 2.75) is 137 Å². The minimum Gasteiger partial charge on any atom is -0.0844 e. The zero-order valence-corrected chi connectivity index (χ0v) is 22.4. The molecule has 0 N–H and O–H groups in total. The Morgan fingerprint density at radius 3 is 2.25 bits per heavy atom. The van der Waals surface area contributed by atoms with Crippen LogP contribution < -0.4 is 0 Å². The van der Waals surface area contributed by atoms with Crippen molar-refractivity contribution in [1.29, 1.82) is 0 Å². The summed E-state index contributed by atoms with van der Waals surface area (Å²) in [7, 11) is 0. The first-order valence-corrected chi connectivity index (χ1v) is 15.0. The first-order chi connectivity index (χ1) is 15.3. The highest BCUT2D eigenvalue weighted by Crippen LogP contribution is 2.70. The summed E-state index contributed by atoms with van der Waals surface area (Å²) in [6, 6.07) is 0. The molecule has 0 aromatic rings. The zero-order chi connectivity index (χ0) is 22.6. The van der Waals surface area contributed by atoms with E-state index in [9.17, 15) is 0 Å². The van der Waals surface area contributed by atoms with Crippen molar-refractivity contribution in [3.05, 3.63) is 11.6 Å².